The van der Waals surface area contributed by atoms with Crippen molar-refractivity contribution in [3.63, 3.8) is 0 Å². The van der Waals surface area contributed by atoms with E-state index >= 15 is 0 Å². The normalized spacial score (nSPS) is 33.1. The lowest BCUT2D eigenvalue weighted by atomic mass is 9.96. The van der Waals surface area contributed by atoms with Crippen molar-refractivity contribution >= 4 is 5.91 Å². The first-order valence-electron chi connectivity index (χ1n) is 25.7. The molecule has 3 aliphatic rings. The smallest absolute Gasteiger partial charge is 0.220 e. The van der Waals surface area contributed by atoms with Gasteiger partial charge in [0, 0.05) is 6.42 Å². The van der Waals surface area contributed by atoms with E-state index in [4.69, 9.17) is 28.4 Å². The molecule has 0 aliphatic carbocycles. The number of carbonyl (C=O) groups is 1. The van der Waals surface area contributed by atoms with Crippen LogP contribution in [0, 0.1) is 0 Å². The van der Waals surface area contributed by atoms with Crippen LogP contribution in [0.4, 0.5) is 0 Å². The van der Waals surface area contributed by atoms with E-state index in [9.17, 15) is 61.0 Å². The largest absolute Gasteiger partial charge is 0.394 e. The van der Waals surface area contributed by atoms with Gasteiger partial charge in [-0.15, -0.1) is 0 Å². The molecular formula is C50H89NO18. The average molecular weight is 992 g/mol. The van der Waals surface area contributed by atoms with E-state index in [2.05, 4.69) is 55.6 Å². The van der Waals surface area contributed by atoms with Gasteiger partial charge in [0.05, 0.1) is 38.6 Å². The Labute approximate surface area is 409 Å². The van der Waals surface area contributed by atoms with E-state index in [0.717, 1.165) is 64.2 Å². The highest BCUT2D eigenvalue weighted by molar-refractivity contribution is 5.76. The zero-order chi connectivity index (χ0) is 50.6. The second kappa shape index (κ2) is 35.2. The molecule has 19 heteroatoms. The van der Waals surface area contributed by atoms with Crippen LogP contribution in [-0.4, -0.2) is 193 Å². The summed E-state index contributed by atoms with van der Waals surface area (Å²) in [6, 6.07) is -0.899. The number of nitrogens with one attached hydrogen (secondary N) is 1. The number of hydrogen-bond donors (Lipinski definition) is 12. The molecule has 17 unspecified atom stereocenters. The molecular weight excluding hydrogens is 903 g/mol. The Morgan fingerprint density at radius 1 is 0.536 bits per heavy atom. The molecule has 0 aromatic carbocycles. The van der Waals surface area contributed by atoms with Crippen molar-refractivity contribution in [2.45, 2.75) is 247 Å². The van der Waals surface area contributed by atoms with Crippen molar-refractivity contribution in [3.8, 4) is 0 Å². The number of aliphatic hydroxyl groups is 11. The minimum atomic E-state index is -1.97. The van der Waals surface area contributed by atoms with Crippen LogP contribution < -0.4 is 5.32 Å². The molecule has 3 aliphatic heterocycles. The first-order valence-corrected chi connectivity index (χ1v) is 25.7. The summed E-state index contributed by atoms with van der Waals surface area (Å²) in [5, 5.41) is 120. The van der Waals surface area contributed by atoms with Crippen molar-refractivity contribution in [2.75, 3.05) is 26.4 Å². The highest BCUT2D eigenvalue weighted by Gasteiger charge is 2.53. The molecule has 0 saturated carbocycles. The van der Waals surface area contributed by atoms with Crippen molar-refractivity contribution in [1.29, 1.82) is 0 Å². The molecule has 3 fully saturated rings. The number of unbranched alkanes of at least 4 members (excludes halogenated alkanes) is 13. The molecule has 1 amide bonds. The van der Waals surface area contributed by atoms with Crippen LogP contribution in [0.5, 0.6) is 0 Å². The molecule has 0 aromatic heterocycles. The Morgan fingerprint density at radius 3 is 1.55 bits per heavy atom. The summed E-state index contributed by atoms with van der Waals surface area (Å²) in [5.41, 5.74) is 0. The summed E-state index contributed by atoms with van der Waals surface area (Å²) in [5.74, 6) is -0.276. The van der Waals surface area contributed by atoms with Gasteiger partial charge in [-0.2, -0.15) is 0 Å². The Kier molecular flexibility index (Phi) is 31.3. The van der Waals surface area contributed by atoms with Crippen LogP contribution in [-0.2, 0) is 33.2 Å². The third kappa shape index (κ3) is 21.2. The van der Waals surface area contributed by atoms with Crippen molar-refractivity contribution in [1.82, 2.24) is 5.32 Å². The number of amides is 1. The molecule has 19 nitrogen and oxygen atoms in total. The van der Waals surface area contributed by atoms with E-state index in [0.29, 0.717) is 12.8 Å². The lowest BCUT2D eigenvalue weighted by Crippen LogP contribution is -2.66. The zero-order valence-corrected chi connectivity index (χ0v) is 41.0. The van der Waals surface area contributed by atoms with Crippen LogP contribution in [0.3, 0.4) is 0 Å². The van der Waals surface area contributed by atoms with Gasteiger partial charge in [-0.25, -0.2) is 0 Å². The summed E-state index contributed by atoms with van der Waals surface area (Å²) in [6.45, 7) is 1.59. The van der Waals surface area contributed by atoms with Gasteiger partial charge in [-0.1, -0.05) is 127 Å². The third-order valence-corrected chi connectivity index (χ3v) is 13.0. The van der Waals surface area contributed by atoms with E-state index < -0.39 is 124 Å². The van der Waals surface area contributed by atoms with Crippen LogP contribution in [0.2, 0.25) is 0 Å². The topological polar surface area (TPSA) is 307 Å². The SMILES string of the molecule is CC/C=C\C/C=C\C/C=C\CCCCCC(=O)NC(COC1OC(CO)C(OC2OC(CO)C(OC3OC(CO)C(O)C(O)C3O)C(O)C2O)C(O)C1O)C(O)CCCCCCCCCCCCC. The standard InChI is InChI=1S/C50H89NO18/c1-3-5-7-9-11-13-15-16-18-20-22-24-26-28-38(56)51-33(34(55)27-25-23-21-19-17-14-12-10-8-6-4-2)32-64-48-44(62)41(59)46(36(30-53)66-48)69-50-45(63)42(60)47(37(31-54)67-50)68-49-43(61)40(58)39(57)35(29-52)65-49/h5,7,11,13,16,18,33-37,39-50,52-55,57-63H,3-4,6,8-10,12,14-15,17,19-32H2,1-2H3,(H,51,56)/b7-5-,13-11-,18-16-. The monoisotopic (exact) mass is 992 g/mol. The van der Waals surface area contributed by atoms with Gasteiger partial charge in [0.25, 0.3) is 0 Å². The fourth-order valence-corrected chi connectivity index (χ4v) is 8.68. The minimum Gasteiger partial charge on any atom is -0.394 e. The van der Waals surface area contributed by atoms with Gasteiger partial charge in [0.2, 0.25) is 5.91 Å². The van der Waals surface area contributed by atoms with Gasteiger partial charge in [0.1, 0.15) is 73.2 Å². The second-order valence-electron chi connectivity index (χ2n) is 18.6. The zero-order valence-electron chi connectivity index (χ0n) is 41.0. The summed E-state index contributed by atoms with van der Waals surface area (Å²) in [4.78, 5) is 13.2. The number of aliphatic hydroxyl groups excluding tert-OH is 11. The molecule has 0 aromatic rings. The van der Waals surface area contributed by atoms with Crippen LogP contribution in [0.1, 0.15) is 142 Å². The quantitative estimate of drug-likeness (QED) is 0.0318. The summed E-state index contributed by atoms with van der Waals surface area (Å²) in [6.07, 6.45) is 5.49. The molecule has 0 radical (unpaired) electrons. The molecule has 0 spiro atoms. The lowest BCUT2D eigenvalue weighted by Gasteiger charge is -2.48. The molecule has 12 N–H and O–H groups in total. The number of ether oxygens (including phenoxy) is 6. The predicted molar refractivity (Wildman–Crippen MR) is 254 cm³/mol. The summed E-state index contributed by atoms with van der Waals surface area (Å²) < 4.78 is 34.1. The average Bonchev–Trinajstić information content (AvgIpc) is 3.34. The minimum absolute atomic E-state index is 0.230. The first kappa shape index (κ1) is 61.3. The number of carbonyl (C=O) groups excluding carboxylic acids is 1. The van der Waals surface area contributed by atoms with E-state index in [1.807, 2.05) is 0 Å². The molecule has 3 rings (SSSR count). The Hall–Kier alpha value is -1.99. The van der Waals surface area contributed by atoms with Crippen LogP contribution >= 0.6 is 0 Å². The number of hydrogen-bond acceptors (Lipinski definition) is 18. The Balaban J connectivity index is 1.57. The van der Waals surface area contributed by atoms with E-state index in [1.165, 1.54) is 44.9 Å². The van der Waals surface area contributed by atoms with Crippen molar-refractivity contribution in [2.24, 2.45) is 0 Å². The van der Waals surface area contributed by atoms with Gasteiger partial charge < -0.3 is 89.9 Å². The second-order valence-corrected chi connectivity index (χ2v) is 18.6. The molecule has 3 heterocycles. The molecule has 69 heavy (non-hydrogen) atoms. The van der Waals surface area contributed by atoms with E-state index in [1.54, 1.807) is 0 Å². The molecule has 402 valence electrons. The maximum atomic E-state index is 13.2. The lowest BCUT2D eigenvalue weighted by molar-refractivity contribution is -0.379. The molecule has 3 saturated heterocycles. The van der Waals surface area contributed by atoms with Gasteiger partial charge in [-0.3, -0.25) is 4.79 Å². The predicted octanol–water partition coefficient (Wildman–Crippen LogP) is 1.81. The number of allylic oxidation sites excluding steroid dienone is 6. The Morgan fingerprint density at radius 2 is 1.00 bits per heavy atom. The fourth-order valence-electron chi connectivity index (χ4n) is 8.68. The fraction of sp³-hybridized carbons (Fsp3) is 0.860. The molecule has 0 bridgehead atoms. The summed E-state index contributed by atoms with van der Waals surface area (Å²) >= 11 is 0. The highest BCUT2D eigenvalue weighted by Crippen LogP contribution is 2.33. The van der Waals surface area contributed by atoms with E-state index in [-0.39, 0.29) is 18.9 Å². The van der Waals surface area contributed by atoms with Gasteiger partial charge >= 0.3 is 0 Å². The maximum absolute atomic E-state index is 13.2. The van der Waals surface area contributed by atoms with Crippen LogP contribution in [0.15, 0.2) is 36.5 Å². The van der Waals surface area contributed by atoms with Crippen molar-refractivity contribution in [3.05, 3.63) is 36.5 Å². The maximum Gasteiger partial charge on any atom is 0.220 e. The van der Waals surface area contributed by atoms with Crippen molar-refractivity contribution < 1.29 is 89.4 Å². The van der Waals surface area contributed by atoms with Gasteiger partial charge in [-0.05, 0) is 44.9 Å². The number of rotatable bonds is 35. The van der Waals surface area contributed by atoms with Gasteiger partial charge in [0.15, 0.2) is 18.9 Å². The molecule has 17 atom stereocenters. The highest BCUT2D eigenvalue weighted by atomic mass is 16.8. The third-order valence-electron chi connectivity index (χ3n) is 13.0. The Bertz CT molecular complexity index is 1420. The first-order chi connectivity index (χ1) is 33.3. The van der Waals surface area contributed by atoms with Crippen LogP contribution in [0.25, 0.3) is 0 Å². The summed E-state index contributed by atoms with van der Waals surface area (Å²) in [7, 11) is 0.